The number of hydrogen-bond donors (Lipinski definition) is 4. The number of hydrazine groups is 2. The molecule has 0 aromatic heterocycles. The lowest BCUT2D eigenvalue weighted by molar-refractivity contribution is -0.123. The molecule has 2 fully saturated rings. The van der Waals surface area contributed by atoms with E-state index in [0.29, 0.717) is 12.1 Å². The van der Waals surface area contributed by atoms with Crippen LogP contribution in [0, 0.1) is 0 Å². The van der Waals surface area contributed by atoms with Gasteiger partial charge in [0.1, 0.15) is 6.04 Å². The predicted octanol–water partition coefficient (Wildman–Crippen LogP) is 0.298. The maximum atomic E-state index is 12.4. The fourth-order valence-electron chi connectivity index (χ4n) is 3.08. The Bertz CT molecular complexity index is 583. The highest BCUT2D eigenvalue weighted by atomic mass is 16.2. The van der Waals surface area contributed by atoms with E-state index in [1.807, 2.05) is 36.1 Å². The third-order valence-electron chi connectivity index (χ3n) is 4.62. The standard InChI is InChI=1S/C17H25N5O2/c1-12-15(20-21-19-12)16(23)18-11-13-5-7-14(8-6-13)17(24)22-9-3-2-4-10-22/h5-8,12,15,19-21H,2-4,9-11H2,1H3,(H,18,23). The lowest BCUT2D eigenvalue weighted by atomic mass is 10.1. The molecule has 4 N–H and O–H groups in total. The van der Waals surface area contributed by atoms with Crippen LogP contribution in [0.1, 0.15) is 42.1 Å². The van der Waals surface area contributed by atoms with Crippen LogP contribution in [0.2, 0.25) is 0 Å². The molecular formula is C17H25N5O2. The topological polar surface area (TPSA) is 85.5 Å². The van der Waals surface area contributed by atoms with Crippen LogP contribution < -0.4 is 21.7 Å². The van der Waals surface area contributed by atoms with E-state index in [1.165, 1.54) is 6.42 Å². The Morgan fingerprint density at radius 2 is 1.83 bits per heavy atom. The summed E-state index contributed by atoms with van der Waals surface area (Å²) in [6.07, 6.45) is 3.39. The summed E-state index contributed by atoms with van der Waals surface area (Å²) in [5.74, 6) is 0.0416. The van der Waals surface area contributed by atoms with Crippen molar-refractivity contribution in [3.63, 3.8) is 0 Å². The minimum Gasteiger partial charge on any atom is -0.351 e. The first-order valence-corrected chi connectivity index (χ1v) is 8.57. The molecule has 0 spiro atoms. The number of nitrogens with zero attached hydrogens (tertiary/aromatic N) is 1. The Balaban J connectivity index is 1.52. The Hall–Kier alpha value is -1.96. The molecule has 2 aliphatic rings. The van der Waals surface area contributed by atoms with E-state index in [2.05, 4.69) is 21.7 Å². The maximum Gasteiger partial charge on any atom is 0.253 e. The summed E-state index contributed by atoms with van der Waals surface area (Å²) in [5, 5.41) is 2.91. The molecule has 1 aromatic carbocycles. The van der Waals surface area contributed by atoms with Crippen LogP contribution in [0.3, 0.4) is 0 Å². The van der Waals surface area contributed by atoms with Gasteiger partial charge in [0, 0.05) is 31.2 Å². The number of benzene rings is 1. The molecular weight excluding hydrogens is 306 g/mol. The zero-order chi connectivity index (χ0) is 16.9. The summed E-state index contributed by atoms with van der Waals surface area (Å²) in [7, 11) is 0. The van der Waals surface area contributed by atoms with Gasteiger partial charge in [0.25, 0.3) is 5.91 Å². The second-order valence-electron chi connectivity index (χ2n) is 6.45. The molecule has 3 rings (SSSR count). The van der Waals surface area contributed by atoms with Crippen LogP contribution in [0.15, 0.2) is 24.3 Å². The van der Waals surface area contributed by atoms with Crippen molar-refractivity contribution in [1.29, 1.82) is 0 Å². The van der Waals surface area contributed by atoms with Crippen molar-refractivity contribution >= 4 is 11.8 Å². The van der Waals surface area contributed by atoms with E-state index >= 15 is 0 Å². The maximum absolute atomic E-state index is 12.4. The van der Waals surface area contributed by atoms with Gasteiger partial charge in [-0.3, -0.25) is 9.59 Å². The number of likely N-dealkylation sites (tertiary alicyclic amines) is 1. The minimum absolute atomic E-state index is 0.0227. The van der Waals surface area contributed by atoms with E-state index in [-0.39, 0.29) is 23.9 Å². The molecule has 2 aliphatic heterocycles. The van der Waals surface area contributed by atoms with Gasteiger partial charge in [0.2, 0.25) is 5.91 Å². The molecule has 2 amide bonds. The quantitative estimate of drug-likeness (QED) is 0.638. The summed E-state index contributed by atoms with van der Waals surface area (Å²) in [5.41, 5.74) is 10.3. The number of piperidine rings is 1. The molecule has 2 heterocycles. The van der Waals surface area contributed by atoms with Crippen LogP contribution in [-0.4, -0.2) is 41.9 Å². The van der Waals surface area contributed by atoms with Gasteiger partial charge in [0.15, 0.2) is 0 Å². The van der Waals surface area contributed by atoms with Crippen molar-refractivity contribution in [1.82, 2.24) is 26.6 Å². The lowest BCUT2D eigenvalue weighted by Gasteiger charge is -2.26. The molecule has 0 aliphatic carbocycles. The van der Waals surface area contributed by atoms with E-state index in [9.17, 15) is 9.59 Å². The molecule has 2 saturated heterocycles. The number of amides is 2. The monoisotopic (exact) mass is 331 g/mol. The van der Waals surface area contributed by atoms with Gasteiger partial charge < -0.3 is 10.2 Å². The van der Waals surface area contributed by atoms with Gasteiger partial charge in [-0.05, 0) is 43.9 Å². The van der Waals surface area contributed by atoms with Crippen molar-refractivity contribution in [2.75, 3.05) is 13.1 Å². The number of rotatable bonds is 4. The highest BCUT2D eigenvalue weighted by Crippen LogP contribution is 2.14. The Labute approximate surface area is 142 Å². The Kier molecular flexibility index (Phi) is 5.44. The van der Waals surface area contributed by atoms with Crippen molar-refractivity contribution in [2.24, 2.45) is 0 Å². The first kappa shape index (κ1) is 16.9. The van der Waals surface area contributed by atoms with Crippen molar-refractivity contribution < 1.29 is 9.59 Å². The summed E-state index contributed by atoms with van der Waals surface area (Å²) >= 11 is 0. The molecule has 0 bridgehead atoms. The van der Waals surface area contributed by atoms with E-state index in [0.717, 1.165) is 31.5 Å². The smallest absolute Gasteiger partial charge is 0.253 e. The summed E-state index contributed by atoms with van der Waals surface area (Å²) in [4.78, 5) is 26.4. The highest BCUT2D eigenvalue weighted by Gasteiger charge is 2.28. The molecule has 0 saturated carbocycles. The Morgan fingerprint density at radius 3 is 2.46 bits per heavy atom. The molecule has 130 valence electrons. The fourth-order valence-corrected chi connectivity index (χ4v) is 3.08. The molecule has 1 aromatic rings. The average molecular weight is 331 g/mol. The largest absolute Gasteiger partial charge is 0.351 e. The molecule has 2 atom stereocenters. The summed E-state index contributed by atoms with van der Waals surface area (Å²) in [6, 6.07) is 7.22. The fraction of sp³-hybridized carbons (Fsp3) is 0.529. The first-order valence-electron chi connectivity index (χ1n) is 8.57. The number of carbonyl (C=O) groups is 2. The van der Waals surface area contributed by atoms with E-state index in [1.54, 1.807) is 0 Å². The van der Waals surface area contributed by atoms with Crippen LogP contribution in [0.25, 0.3) is 0 Å². The molecule has 0 radical (unpaired) electrons. The normalized spacial score (nSPS) is 24.0. The molecule has 7 nitrogen and oxygen atoms in total. The van der Waals surface area contributed by atoms with Gasteiger partial charge >= 0.3 is 0 Å². The summed E-state index contributed by atoms with van der Waals surface area (Å²) in [6.45, 7) is 4.08. The second-order valence-corrected chi connectivity index (χ2v) is 6.45. The minimum atomic E-state index is -0.301. The van der Waals surface area contributed by atoms with Crippen LogP contribution in [-0.2, 0) is 11.3 Å². The highest BCUT2D eigenvalue weighted by molar-refractivity contribution is 5.94. The zero-order valence-electron chi connectivity index (χ0n) is 14.0. The van der Waals surface area contributed by atoms with Gasteiger partial charge in [-0.2, -0.15) is 5.53 Å². The third kappa shape index (κ3) is 3.92. The van der Waals surface area contributed by atoms with Crippen molar-refractivity contribution in [2.45, 2.75) is 44.8 Å². The lowest BCUT2D eigenvalue weighted by Crippen LogP contribution is -2.46. The molecule has 7 heteroatoms. The zero-order valence-corrected chi connectivity index (χ0v) is 14.0. The van der Waals surface area contributed by atoms with Gasteiger partial charge in [-0.1, -0.05) is 12.1 Å². The third-order valence-corrected chi connectivity index (χ3v) is 4.62. The second kappa shape index (κ2) is 7.74. The summed E-state index contributed by atoms with van der Waals surface area (Å²) < 4.78 is 0. The number of carbonyl (C=O) groups excluding carboxylic acids is 2. The van der Waals surface area contributed by atoms with Gasteiger partial charge in [0.05, 0.1) is 0 Å². The first-order chi connectivity index (χ1) is 11.6. The molecule has 24 heavy (non-hydrogen) atoms. The average Bonchev–Trinajstić information content (AvgIpc) is 3.06. The van der Waals surface area contributed by atoms with Crippen LogP contribution in [0.5, 0.6) is 0 Å². The van der Waals surface area contributed by atoms with Crippen LogP contribution in [0.4, 0.5) is 0 Å². The van der Waals surface area contributed by atoms with Crippen LogP contribution >= 0.6 is 0 Å². The van der Waals surface area contributed by atoms with E-state index < -0.39 is 0 Å². The van der Waals surface area contributed by atoms with E-state index in [4.69, 9.17) is 0 Å². The number of hydrogen-bond acceptors (Lipinski definition) is 5. The van der Waals surface area contributed by atoms with Gasteiger partial charge in [-0.25, -0.2) is 10.9 Å². The predicted molar refractivity (Wildman–Crippen MR) is 90.7 cm³/mol. The molecule has 2 unspecified atom stereocenters. The van der Waals surface area contributed by atoms with Crippen molar-refractivity contribution in [3.05, 3.63) is 35.4 Å². The Morgan fingerprint density at radius 1 is 1.12 bits per heavy atom. The van der Waals surface area contributed by atoms with Crippen molar-refractivity contribution in [3.8, 4) is 0 Å². The van der Waals surface area contributed by atoms with Gasteiger partial charge in [-0.15, -0.1) is 0 Å². The number of nitrogens with one attached hydrogen (secondary N) is 4. The SMILES string of the molecule is CC1NNNC1C(=O)NCc1ccc(C(=O)N2CCCCC2)cc1.